The lowest BCUT2D eigenvalue weighted by atomic mass is 9.99. The Hall–Kier alpha value is -2.96. The number of rotatable bonds is 4. The number of halogens is 1. The lowest BCUT2D eigenvalue weighted by molar-refractivity contribution is -0.121. The Bertz CT molecular complexity index is 855. The van der Waals surface area contributed by atoms with Gasteiger partial charge in [0.25, 0.3) is 5.91 Å². The van der Waals surface area contributed by atoms with E-state index < -0.39 is 11.6 Å². The minimum atomic E-state index is -0.929. The van der Waals surface area contributed by atoms with E-state index in [4.69, 9.17) is 4.74 Å². The molecular formula is C18H18FN3O3. The van der Waals surface area contributed by atoms with Crippen molar-refractivity contribution < 1.29 is 18.7 Å². The number of aromatic nitrogens is 1. The van der Waals surface area contributed by atoms with Crippen molar-refractivity contribution in [3.63, 3.8) is 0 Å². The number of hydrogen-bond acceptors (Lipinski definition) is 4. The molecule has 6 nitrogen and oxygen atoms in total. The Morgan fingerprint density at radius 3 is 2.68 bits per heavy atom. The van der Waals surface area contributed by atoms with Crippen LogP contribution in [0, 0.1) is 12.7 Å². The highest BCUT2D eigenvalue weighted by Crippen LogP contribution is 2.30. The fraction of sp³-hybridized carbons (Fsp3) is 0.278. The molecule has 1 aliphatic heterocycles. The van der Waals surface area contributed by atoms with Gasteiger partial charge < -0.3 is 10.1 Å². The van der Waals surface area contributed by atoms with Crippen molar-refractivity contribution in [3.8, 4) is 11.6 Å². The number of amides is 3. The Morgan fingerprint density at radius 2 is 2.04 bits per heavy atom. The molecule has 0 aliphatic carbocycles. The van der Waals surface area contributed by atoms with Crippen molar-refractivity contribution in [1.82, 2.24) is 10.3 Å². The van der Waals surface area contributed by atoms with E-state index in [1.165, 1.54) is 18.3 Å². The van der Waals surface area contributed by atoms with Crippen LogP contribution in [0.5, 0.6) is 11.6 Å². The topological polar surface area (TPSA) is 71.5 Å². The number of benzene rings is 1. The van der Waals surface area contributed by atoms with E-state index in [1.807, 2.05) is 6.92 Å². The summed E-state index contributed by atoms with van der Waals surface area (Å²) in [5.74, 6) is -0.283. The van der Waals surface area contributed by atoms with E-state index in [-0.39, 0.29) is 23.4 Å². The summed E-state index contributed by atoms with van der Waals surface area (Å²) >= 11 is 0. The zero-order valence-electron chi connectivity index (χ0n) is 14.2. The highest BCUT2D eigenvalue weighted by atomic mass is 19.1. The van der Waals surface area contributed by atoms with Gasteiger partial charge >= 0.3 is 6.03 Å². The van der Waals surface area contributed by atoms with Crippen LogP contribution in [0.2, 0.25) is 0 Å². The molecule has 1 aliphatic rings. The highest BCUT2D eigenvalue weighted by Gasteiger charge is 2.47. The third-order valence-electron chi connectivity index (χ3n) is 4.31. The third-order valence-corrected chi connectivity index (χ3v) is 4.31. The monoisotopic (exact) mass is 343 g/mol. The molecule has 2 heterocycles. The Labute approximate surface area is 144 Å². The van der Waals surface area contributed by atoms with Crippen LogP contribution in [-0.2, 0) is 4.79 Å². The molecule has 0 unspecified atom stereocenters. The molecule has 130 valence electrons. The first-order valence-electron chi connectivity index (χ1n) is 7.91. The number of hydrogen-bond donors (Lipinski definition) is 1. The molecule has 2 aromatic rings. The summed E-state index contributed by atoms with van der Waals surface area (Å²) < 4.78 is 19.2. The van der Waals surface area contributed by atoms with Crippen molar-refractivity contribution in [2.75, 3.05) is 4.90 Å². The molecule has 25 heavy (non-hydrogen) atoms. The van der Waals surface area contributed by atoms with Gasteiger partial charge in [-0.3, -0.25) is 4.79 Å². The minimum absolute atomic E-state index is 0.159. The van der Waals surface area contributed by atoms with Gasteiger partial charge in [-0.2, -0.15) is 0 Å². The lowest BCUT2D eigenvalue weighted by Gasteiger charge is -2.19. The number of imide groups is 1. The van der Waals surface area contributed by atoms with Crippen LogP contribution in [-0.4, -0.2) is 22.5 Å². The first-order valence-corrected chi connectivity index (χ1v) is 7.91. The molecule has 0 radical (unpaired) electrons. The second kappa shape index (κ2) is 6.16. The molecule has 1 fully saturated rings. The summed E-state index contributed by atoms with van der Waals surface area (Å²) in [6.07, 6.45) is 1.91. The molecule has 1 aromatic heterocycles. The second-order valence-electron chi connectivity index (χ2n) is 6.12. The van der Waals surface area contributed by atoms with E-state index in [0.29, 0.717) is 17.7 Å². The summed E-state index contributed by atoms with van der Waals surface area (Å²) in [7, 11) is 0. The maximum absolute atomic E-state index is 13.6. The van der Waals surface area contributed by atoms with Crippen molar-refractivity contribution >= 4 is 17.6 Å². The molecule has 1 atom stereocenters. The molecule has 0 bridgehead atoms. The maximum atomic E-state index is 13.6. The van der Waals surface area contributed by atoms with Crippen molar-refractivity contribution in [2.24, 2.45) is 0 Å². The van der Waals surface area contributed by atoms with Crippen LogP contribution in [0.3, 0.4) is 0 Å². The van der Waals surface area contributed by atoms with Crippen LogP contribution < -0.4 is 15.0 Å². The first kappa shape index (κ1) is 16.9. The van der Waals surface area contributed by atoms with Crippen LogP contribution in [0.15, 0.2) is 36.5 Å². The molecule has 3 rings (SSSR count). The van der Waals surface area contributed by atoms with Gasteiger partial charge in [-0.1, -0.05) is 13.0 Å². The second-order valence-corrected chi connectivity index (χ2v) is 6.12. The van der Waals surface area contributed by atoms with Gasteiger partial charge in [-0.05, 0) is 38.0 Å². The number of urea groups is 1. The van der Waals surface area contributed by atoms with Crippen LogP contribution in [0.25, 0.3) is 0 Å². The summed E-state index contributed by atoms with van der Waals surface area (Å²) in [6.45, 7) is 5.16. The van der Waals surface area contributed by atoms with E-state index in [0.717, 1.165) is 4.90 Å². The van der Waals surface area contributed by atoms with E-state index in [9.17, 15) is 14.0 Å². The van der Waals surface area contributed by atoms with Gasteiger partial charge in [0, 0.05) is 18.3 Å². The number of anilines is 1. The fourth-order valence-corrected chi connectivity index (χ4v) is 2.51. The maximum Gasteiger partial charge on any atom is 0.329 e. The minimum Gasteiger partial charge on any atom is -0.439 e. The molecule has 7 heteroatoms. The smallest absolute Gasteiger partial charge is 0.329 e. The van der Waals surface area contributed by atoms with E-state index >= 15 is 0 Å². The Balaban J connectivity index is 1.88. The summed E-state index contributed by atoms with van der Waals surface area (Å²) in [4.78, 5) is 29.9. The number of pyridine rings is 1. The number of nitrogens with zero attached hydrogens (tertiary/aromatic N) is 2. The van der Waals surface area contributed by atoms with Gasteiger partial charge in [0.1, 0.15) is 17.1 Å². The Kier molecular flexibility index (Phi) is 4.16. The van der Waals surface area contributed by atoms with Crippen molar-refractivity contribution in [3.05, 3.63) is 47.9 Å². The number of nitrogens with one attached hydrogen (secondary N) is 1. The summed E-state index contributed by atoms with van der Waals surface area (Å²) in [6, 6.07) is 6.99. The fourth-order valence-electron chi connectivity index (χ4n) is 2.51. The number of aryl methyl sites for hydroxylation is 1. The van der Waals surface area contributed by atoms with E-state index in [1.54, 1.807) is 32.0 Å². The molecule has 3 amide bonds. The Morgan fingerprint density at radius 1 is 1.28 bits per heavy atom. The molecule has 1 aromatic carbocycles. The van der Waals surface area contributed by atoms with Gasteiger partial charge in [0.15, 0.2) is 0 Å². The predicted molar refractivity (Wildman–Crippen MR) is 90.2 cm³/mol. The molecular weight excluding hydrogens is 325 g/mol. The standard InChI is InChI=1S/C18H18FN3O3/c1-4-18(3)16(23)22(17(24)21-18)12-7-8-20-15(9-12)25-13-6-5-11(2)14(19)10-13/h5-10H,4H2,1-3H3,(H,21,24)/t18-/m1/s1. The largest absolute Gasteiger partial charge is 0.439 e. The SMILES string of the molecule is CC[C@@]1(C)NC(=O)N(c2ccnc(Oc3ccc(C)c(F)c3)c2)C1=O. The first-order chi connectivity index (χ1) is 11.8. The van der Waals surface area contributed by atoms with Crippen molar-refractivity contribution in [2.45, 2.75) is 32.7 Å². The number of carbonyl (C=O) groups excluding carboxylic acids is 2. The zero-order valence-corrected chi connectivity index (χ0v) is 14.2. The summed E-state index contributed by atoms with van der Waals surface area (Å²) in [5, 5.41) is 2.69. The highest BCUT2D eigenvalue weighted by molar-refractivity contribution is 6.23. The van der Waals surface area contributed by atoms with Crippen LogP contribution in [0.4, 0.5) is 14.9 Å². The normalized spacial score (nSPS) is 19.9. The zero-order chi connectivity index (χ0) is 18.2. The quantitative estimate of drug-likeness (QED) is 0.862. The molecule has 1 saturated heterocycles. The summed E-state index contributed by atoms with van der Waals surface area (Å²) in [5.41, 5.74) is -0.0777. The number of carbonyl (C=O) groups is 2. The lowest BCUT2D eigenvalue weighted by Crippen LogP contribution is -2.43. The molecule has 1 N–H and O–H groups in total. The van der Waals surface area contributed by atoms with E-state index in [2.05, 4.69) is 10.3 Å². The van der Waals surface area contributed by atoms with Crippen LogP contribution >= 0.6 is 0 Å². The van der Waals surface area contributed by atoms with Crippen molar-refractivity contribution in [1.29, 1.82) is 0 Å². The van der Waals surface area contributed by atoms with Gasteiger partial charge in [-0.15, -0.1) is 0 Å². The van der Waals surface area contributed by atoms with Crippen LogP contribution in [0.1, 0.15) is 25.8 Å². The third kappa shape index (κ3) is 3.05. The molecule has 0 saturated carbocycles. The molecule has 0 spiro atoms. The average molecular weight is 343 g/mol. The number of ether oxygens (including phenoxy) is 1. The van der Waals surface area contributed by atoms with Gasteiger partial charge in [-0.25, -0.2) is 19.1 Å². The predicted octanol–water partition coefficient (Wildman–Crippen LogP) is 3.55. The van der Waals surface area contributed by atoms with Gasteiger partial charge in [0.05, 0.1) is 5.69 Å². The average Bonchev–Trinajstić information content (AvgIpc) is 2.81. The van der Waals surface area contributed by atoms with Gasteiger partial charge in [0.2, 0.25) is 5.88 Å².